The van der Waals surface area contributed by atoms with Crippen LogP contribution >= 0.6 is 11.6 Å². The Hall–Kier alpha value is -3.59. The number of nitrogens with one attached hydrogen (secondary N) is 3. The molecule has 1 heterocycles. The summed E-state index contributed by atoms with van der Waals surface area (Å²) in [5.41, 5.74) is 0.932. The normalized spacial score (nSPS) is 17.3. The van der Waals surface area contributed by atoms with Crippen LogP contribution in [0, 0.1) is 5.92 Å². The highest BCUT2D eigenvalue weighted by Crippen LogP contribution is 2.40. The number of benzene rings is 2. The molecule has 4 N–H and O–H groups in total. The van der Waals surface area contributed by atoms with Gasteiger partial charge in [-0.1, -0.05) is 87.7 Å². The predicted molar refractivity (Wildman–Crippen MR) is 152 cm³/mol. The number of hydrogen-bond acceptors (Lipinski definition) is 5. The van der Waals surface area contributed by atoms with E-state index >= 15 is 0 Å². The molecular weight excluding hydrogens is 534 g/mol. The highest BCUT2D eigenvalue weighted by atomic mass is 35.5. The SMILES string of the molecule is CCCC[C@H](NC(=O)OC(c1ccccc1)C(C)(C)c1cccc(Cl)c1)C(=O)N[C@@H](CC1CCNC1=O)C(=O)O. The minimum atomic E-state index is -1.26. The van der Waals surface area contributed by atoms with Gasteiger partial charge in [0, 0.05) is 22.9 Å². The van der Waals surface area contributed by atoms with Crippen molar-refractivity contribution in [1.82, 2.24) is 16.0 Å². The minimum absolute atomic E-state index is 0.0260. The number of carbonyl (C=O) groups excluding carboxylic acids is 3. The van der Waals surface area contributed by atoms with E-state index < -0.39 is 47.5 Å². The van der Waals surface area contributed by atoms with Gasteiger partial charge >= 0.3 is 12.1 Å². The smallest absolute Gasteiger partial charge is 0.408 e. The third kappa shape index (κ3) is 8.21. The first-order chi connectivity index (χ1) is 19.0. The van der Waals surface area contributed by atoms with E-state index in [1.54, 1.807) is 6.07 Å². The Morgan fingerprint density at radius 2 is 1.82 bits per heavy atom. The number of amides is 3. The number of unbranched alkanes of at least 4 members (excludes halogenated alkanes) is 1. The van der Waals surface area contributed by atoms with Gasteiger partial charge in [0.15, 0.2) is 0 Å². The van der Waals surface area contributed by atoms with Crippen LogP contribution in [0.3, 0.4) is 0 Å². The van der Waals surface area contributed by atoms with Crippen LogP contribution in [0.25, 0.3) is 0 Å². The number of carboxylic acids is 1. The highest BCUT2D eigenvalue weighted by molar-refractivity contribution is 6.30. The maximum atomic E-state index is 13.3. The van der Waals surface area contributed by atoms with Gasteiger partial charge in [-0.25, -0.2) is 9.59 Å². The maximum absolute atomic E-state index is 13.3. The lowest BCUT2D eigenvalue weighted by Crippen LogP contribution is -2.52. The van der Waals surface area contributed by atoms with Crippen LogP contribution in [0.1, 0.15) is 70.1 Å². The van der Waals surface area contributed by atoms with Crippen LogP contribution in [0.4, 0.5) is 4.79 Å². The number of hydrogen-bond donors (Lipinski definition) is 4. The van der Waals surface area contributed by atoms with Crippen LogP contribution in [-0.2, 0) is 24.5 Å². The molecule has 0 spiro atoms. The third-order valence-corrected chi connectivity index (χ3v) is 7.54. The molecule has 9 nitrogen and oxygen atoms in total. The fraction of sp³-hybridized carbons (Fsp3) is 0.467. The summed E-state index contributed by atoms with van der Waals surface area (Å²) in [5.74, 6) is -2.59. The van der Waals surface area contributed by atoms with Gasteiger partial charge in [0.05, 0.1) is 0 Å². The zero-order valence-corrected chi connectivity index (χ0v) is 23.9. The summed E-state index contributed by atoms with van der Waals surface area (Å²) in [4.78, 5) is 50.3. The first-order valence-corrected chi connectivity index (χ1v) is 14.0. The summed E-state index contributed by atoms with van der Waals surface area (Å²) in [7, 11) is 0. The number of halogens is 1. The molecule has 4 atom stereocenters. The summed E-state index contributed by atoms with van der Waals surface area (Å²) >= 11 is 6.26. The van der Waals surface area contributed by atoms with Crippen molar-refractivity contribution in [2.45, 2.75) is 76.5 Å². The molecule has 1 saturated heterocycles. The molecule has 3 amide bonds. The number of carboxylic acid groups (broad SMARTS) is 1. The molecule has 1 aliphatic heterocycles. The number of rotatable bonds is 13. The second kappa shape index (κ2) is 14.2. The summed E-state index contributed by atoms with van der Waals surface area (Å²) in [6, 6.07) is 14.4. The largest absolute Gasteiger partial charge is 0.480 e. The zero-order valence-electron chi connectivity index (χ0n) is 23.1. The van der Waals surface area contributed by atoms with Crippen molar-refractivity contribution in [3.8, 4) is 0 Å². The molecule has 1 fully saturated rings. The summed E-state index contributed by atoms with van der Waals surface area (Å²) in [6.07, 6.45) is 0.628. The van der Waals surface area contributed by atoms with Gasteiger partial charge < -0.3 is 25.8 Å². The third-order valence-electron chi connectivity index (χ3n) is 7.30. The molecule has 0 aromatic heterocycles. The Kier molecular flexibility index (Phi) is 11.0. The van der Waals surface area contributed by atoms with Crippen molar-refractivity contribution < 1.29 is 29.0 Å². The van der Waals surface area contributed by atoms with Crippen molar-refractivity contribution in [2.75, 3.05) is 6.54 Å². The van der Waals surface area contributed by atoms with E-state index in [1.165, 1.54) is 0 Å². The van der Waals surface area contributed by atoms with Gasteiger partial charge in [-0.3, -0.25) is 9.59 Å². The monoisotopic (exact) mass is 571 g/mol. The molecule has 0 saturated carbocycles. The molecule has 2 aromatic carbocycles. The quantitative estimate of drug-likeness (QED) is 0.274. The minimum Gasteiger partial charge on any atom is -0.480 e. The van der Waals surface area contributed by atoms with Gasteiger partial charge in [-0.15, -0.1) is 0 Å². The van der Waals surface area contributed by atoms with Gasteiger partial charge in [-0.2, -0.15) is 0 Å². The van der Waals surface area contributed by atoms with Gasteiger partial charge in [-0.05, 0) is 42.5 Å². The molecule has 1 aliphatic rings. The fourth-order valence-corrected chi connectivity index (χ4v) is 5.10. The predicted octanol–water partition coefficient (Wildman–Crippen LogP) is 4.74. The standard InChI is InChI=1S/C30H38ClN3O6/c1-4-5-14-23(27(36)33-24(28(37)38)17-20-15-16-32-26(20)35)34-29(39)40-25(19-10-7-6-8-11-19)30(2,3)21-12-9-13-22(31)18-21/h6-13,18,20,23-25H,4-5,14-17H2,1-3H3,(H,32,35)(H,33,36)(H,34,39)(H,37,38)/t20?,23-,24-,25?/m0/s1. The van der Waals surface area contributed by atoms with Gasteiger partial charge in [0.1, 0.15) is 18.2 Å². The first kappa shape index (κ1) is 30.9. The molecule has 2 unspecified atom stereocenters. The lowest BCUT2D eigenvalue weighted by molar-refractivity contribution is -0.142. The average molecular weight is 572 g/mol. The highest BCUT2D eigenvalue weighted by Gasteiger charge is 2.37. The Balaban J connectivity index is 1.78. The number of carbonyl (C=O) groups is 4. The Bertz CT molecular complexity index is 1190. The molecule has 10 heteroatoms. The van der Waals surface area contributed by atoms with E-state index in [0.29, 0.717) is 30.8 Å². The van der Waals surface area contributed by atoms with Gasteiger partial charge in [0.25, 0.3) is 0 Å². The molecule has 40 heavy (non-hydrogen) atoms. The van der Waals surface area contributed by atoms with E-state index in [-0.39, 0.29) is 12.3 Å². The van der Waals surface area contributed by atoms with Crippen molar-refractivity contribution in [2.24, 2.45) is 5.92 Å². The second-order valence-electron chi connectivity index (χ2n) is 10.7. The Morgan fingerprint density at radius 3 is 2.42 bits per heavy atom. The molecule has 2 aromatic rings. The van der Waals surface area contributed by atoms with E-state index in [4.69, 9.17) is 16.3 Å². The first-order valence-electron chi connectivity index (χ1n) is 13.6. The van der Waals surface area contributed by atoms with Crippen LogP contribution in [0.15, 0.2) is 54.6 Å². The molecule has 0 radical (unpaired) electrons. The number of ether oxygens (including phenoxy) is 1. The van der Waals surface area contributed by atoms with E-state index in [1.807, 2.05) is 69.3 Å². The fourth-order valence-electron chi connectivity index (χ4n) is 4.91. The second-order valence-corrected chi connectivity index (χ2v) is 11.1. The zero-order chi connectivity index (χ0) is 29.3. The molecular formula is C30H38ClN3O6. The number of aliphatic carboxylic acids is 1. The van der Waals surface area contributed by atoms with E-state index in [9.17, 15) is 24.3 Å². The Morgan fingerprint density at radius 1 is 1.10 bits per heavy atom. The van der Waals surface area contributed by atoms with Crippen molar-refractivity contribution in [3.63, 3.8) is 0 Å². The van der Waals surface area contributed by atoms with E-state index in [0.717, 1.165) is 17.5 Å². The average Bonchev–Trinajstić information content (AvgIpc) is 3.33. The van der Waals surface area contributed by atoms with Crippen LogP contribution < -0.4 is 16.0 Å². The van der Waals surface area contributed by atoms with Crippen molar-refractivity contribution >= 4 is 35.5 Å². The molecule has 216 valence electrons. The molecule has 0 aliphatic carbocycles. The Labute approximate surface area is 240 Å². The maximum Gasteiger partial charge on any atom is 0.408 e. The lowest BCUT2D eigenvalue weighted by atomic mass is 9.76. The summed E-state index contributed by atoms with van der Waals surface area (Å²) in [6.45, 7) is 6.32. The van der Waals surface area contributed by atoms with Crippen molar-refractivity contribution in [3.05, 3.63) is 70.7 Å². The van der Waals surface area contributed by atoms with Crippen LogP contribution in [0.2, 0.25) is 5.02 Å². The lowest BCUT2D eigenvalue weighted by Gasteiger charge is -2.35. The van der Waals surface area contributed by atoms with Gasteiger partial charge in [0.2, 0.25) is 11.8 Å². The number of alkyl carbamates (subject to hydrolysis) is 1. The topological polar surface area (TPSA) is 134 Å². The molecule has 0 bridgehead atoms. The van der Waals surface area contributed by atoms with Crippen LogP contribution in [-0.4, -0.2) is 47.6 Å². The summed E-state index contributed by atoms with van der Waals surface area (Å²) in [5, 5.41) is 18.1. The van der Waals surface area contributed by atoms with Crippen LogP contribution in [0.5, 0.6) is 0 Å². The molecule has 3 rings (SSSR count). The van der Waals surface area contributed by atoms with E-state index in [2.05, 4.69) is 16.0 Å². The summed E-state index contributed by atoms with van der Waals surface area (Å²) < 4.78 is 5.99. The van der Waals surface area contributed by atoms with Crippen molar-refractivity contribution in [1.29, 1.82) is 0 Å².